The summed E-state index contributed by atoms with van der Waals surface area (Å²) < 4.78 is 12.5. The molecule has 2 aliphatic rings. The molecule has 3 aromatic carbocycles. The average Bonchev–Trinajstić information content (AvgIpc) is 3.62. The Morgan fingerprint density at radius 1 is 1.00 bits per heavy atom. The van der Waals surface area contributed by atoms with Gasteiger partial charge in [0.15, 0.2) is 10.8 Å². The molecule has 7 rings (SSSR count). The number of nitrogens with zero attached hydrogens (tertiary/aromatic N) is 4. The number of amides is 1. The van der Waals surface area contributed by atoms with Gasteiger partial charge >= 0.3 is 11.9 Å². The molecular weight excluding hydrogens is 763 g/mol. The first-order valence-electron chi connectivity index (χ1n) is 20.7. The molecule has 0 unspecified atom stereocenters. The average molecular weight is 818 g/mol. The van der Waals surface area contributed by atoms with Gasteiger partial charge in [-0.3, -0.25) is 19.8 Å². The molecule has 310 valence electrons. The van der Waals surface area contributed by atoms with Crippen LogP contribution in [0.1, 0.15) is 103 Å². The summed E-state index contributed by atoms with van der Waals surface area (Å²) in [4.78, 5) is 52.4. The number of nitrogens with one attached hydrogen (secondary N) is 1. The molecule has 0 saturated carbocycles. The number of aryl methyl sites for hydroxylation is 1. The van der Waals surface area contributed by atoms with E-state index in [0.29, 0.717) is 60.7 Å². The minimum Gasteiger partial charge on any atom is -0.491 e. The summed E-state index contributed by atoms with van der Waals surface area (Å²) >= 11 is 1.44. The van der Waals surface area contributed by atoms with Crippen LogP contribution in [0.2, 0.25) is 0 Å². The number of aromatic nitrogens is 2. The van der Waals surface area contributed by atoms with E-state index in [1.165, 1.54) is 11.3 Å². The highest BCUT2D eigenvalue weighted by atomic mass is 32.1. The lowest BCUT2D eigenvalue weighted by molar-refractivity contribution is -0.144. The molecule has 2 N–H and O–H groups in total. The SMILES string of the molecule is CCOC(=O)CN1CCC(CC[C@H](C)Oc2ccc(-c3c(C(C)(C)C)cc(N4CCc5cccc(C(=O)Nc6nc7ccccc7s6)c5C4)nc3C(=O)O)c(C)c2)CC1. The Morgan fingerprint density at radius 3 is 2.49 bits per heavy atom. The molecule has 2 aromatic heterocycles. The van der Waals surface area contributed by atoms with Crippen LogP contribution in [-0.2, 0) is 27.9 Å². The van der Waals surface area contributed by atoms with Gasteiger partial charge in [-0.05, 0) is 142 Å². The number of hydrogen-bond donors (Lipinski definition) is 2. The number of pyridine rings is 1. The van der Waals surface area contributed by atoms with Crippen LogP contribution in [0.3, 0.4) is 0 Å². The van der Waals surface area contributed by atoms with Crippen molar-refractivity contribution in [1.29, 1.82) is 0 Å². The molecule has 12 heteroatoms. The maximum atomic E-state index is 13.7. The Bertz CT molecular complexity index is 2310. The lowest BCUT2D eigenvalue weighted by Gasteiger charge is -2.33. The van der Waals surface area contributed by atoms with E-state index in [0.717, 1.165) is 82.6 Å². The smallest absolute Gasteiger partial charge is 0.355 e. The van der Waals surface area contributed by atoms with Gasteiger partial charge in [-0.2, -0.15) is 0 Å². The van der Waals surface area contributed by atoms with Crippen LogP contribution in [0.25, 0.3) is 21.3 Å². The molecule has 11 nitrogen and oxygen atoms in total. The fourth-order valence-corrected chi connectivity index (χ4v) is 9.23. The number of anilines is 2. The van der Waals surface area contributed by atoms with E-state index < -0.39 is 11.4 Å². The minimum absolute atomic E-state index is 0.00137. The summed E-state index contributed by atoms with van der Waals surface area (Å²) in [5, 5.41) is 14.3. The number of fused-ring (bicyclic) bond motifs is 2. The van der Waals surface area contributed by atoms with E-state index in [4.69, 9.17) is 14.5 Å². The van der Waals surface area contributed by atoms with Gasteiger partial charge in [0.2, 0.25) is 0 Å². The lowest BCUT2D eigenvalue weighted by Crippen LogP contribution is -2.38. The Kier molecular flexibility index (Phi) is 12.7. The van der Waals surface area contributed by atoms with Crippen molar-refractivity contribution in [2.45, 2.75) is 91.7 Å². The zero-order chi connectivity index (χ0) is 41.8. The zero-order valence-corrected chi connectivity index (χ0v) is 35.8. The summed E-state index contributed by atoms with van der Waals surface area (Å²) in [5.74, 6) is 0.437. The number of carboxylic acid groups (broad SMARTS) is 1. The maximum Gasteiger partial charge on any atom is 0.355 e. The number of carbonyl (C=O) groups is 3. The Hall–Kier alpha value is -5.33. The van der Waals surface area contributed by atoms with Crippen molar-refractivity contribution >= 4 is 50.3 Å². The van der Waals surface area contributed by atoms with Gasteiger partial charge in [0.25, 0.3) is 5.91 Å². The molecule has 0 radical (unpaired) electrons. The van der Waals surface area contributed by atoms with E-state index in [2.05, 4.69) is 53.9 Å². The molecule has 0 spiro atoms. The maximum absolute atomic E-state index is 13.7. The quantitative estimate of drug-likeness (QED) is 0.111. The first-order chi connectivity index (χ1) is 28.3. The highest BCUT2D eigenvalue weighted by molar-refractivity contribution is 7.22. The number of rotatable bonds is 13. The van der Waals surface area contributed by atoms with Crippen LogP contribution in [0.4, 0.5) is 10.9 Å². The monoisotopic (exact) mass is 817 g/mol. The topological polar surface area (TPSA) is 134 Å². The van der Waals surface area contributed by atoms with E-state index in [1.54, 1.807) is 0 Å². The fourth-order valence-electron chi connectivity index (χ4n) is 8.37. The van der Waals surface area contributed by atoms with Gasteiger partial charge in [0.1, 0.15) is 11.6 Å². The number of carboxylic acids is 1. The normalized spacial score (nSPS) is 15.5. The lowest BCUT2D eigenvalue weighted by atomic mass is 9.80. The number of esters is 1. The van der Waals surface area contributed by atoms with Gasteiger partial charge in [-0.15, -0.1) is 0 Å². The number of carbonyl (C=O) groups excluding carboxylic acids is 2. The molecule has 1 amide bonds. The molecule has 4 heterocycles. The molecule has 1 atom stereocenters. The van der Waals surface area contributed by atoms with Crippen molar-refractivity contribution in [2.75, 3.05) is 43.0 Å². The van der Waals surface area contributed by atoms with Gasteiger partial charge < -0.3 is 19.5 Å². The largest absolute Gasteiger partial charge is 0.491 e. The van der Waals surface area contributed by atoms with Gasteiger partial charge in [-0.25, -0.2) is 14.8 Å². The van der Waals surface area contributed by atoms with Crippen LogP contribution in [0, 0.1) is 12.8 Å². The molecule has 1 saturated heterocycles. The minimum atomic E-state index is -1.10. The second-order valence-corrected chi connectivity index (χ2v) is 17.9. The molecular formula is C47H55N5O6S. The summed E-state index contributed by atoms with van der Waals surface area (Å²) in [6.45, 7) is 15.8. The zero-order valence-electron chi connectivity index (χ0n) is 35.0. The predicted octanol–water partition coefficient (Wildman–Crippen LogP) is 9.30. The first kappa shape index (κ1) is 41.8. The molecule has 5 aromatic rings. The molecule has 0 bridgehead atoms. The third-order valence-electron chi connectivity index (χ3n) is 11.5. The predicted molar refractivity (Wildman–Crippen MR) is 234 cm³/mol. The second-order valence-electron chi connectivity index (χ2n) is 16.9. The third-order valence-corrected chi connectivity index (χ3v) is 12.5. The van der Waals surface area contributed by atoms with E-state index in [1.807, 2.05) is 74.5 Å². The van der Waals surface area contributed by atoms with Gasteiger partial charge in [0.05, 0.1) is 29.5 Å². The molecule has 59 heavy (non-hydrogen) atoms. The van der Waals surface area contributed by atoms with E-state index >= 15 is 0 Å². The number of ether oxygens (including phenoxy) is 2. The van der Waals surface area contributed by atoms with Crippen LogP contribution in [0.15, 0.2) is 66.7 Å². The summed E-state index contributed by atoms with van der Waals surface area (Å²) in [5.41, 5.74) is 6.17. The van der Waals surface area contributed by atoms with Crippen molar-refractivity contribution in [3.05, 3.63) is 100 Å². The summed E-state index contributed by atoms with van der Waals surface area (Å²) in [7, 11) is 0. The first-order valence-corrected chi connectivity index (χ1v) is 21.6. The third kappa shape index (κ3) is 9.77. The van der Waals surface area contributed by atoms with Crippen molar-refractivity contribution in [2.24, 2.45) is 5.92 Å². The highest BCUT2D eigenvalue weighted by Gasteiger charge is 2.31. The highest BCUT2D eigenvalue weighted by Crippen LogP contribution is 2.41. The Morgan fingerprint density at radius 2 is 1.78 bits per heavy atom. The van der Waals surface area contributed by atoms with Crippen LogP contribution in [0.5, 0.6) is 5.75 Å². The summed E-state index contributed by atoms with van der Waals surface area (Å²) in [6, 6.07) is 21.5. The van der Waals surface area contributed by atoms with Crippen LogP contribution < -0.4 is 15.0 Å². The van der Waals surface area contributed by atoms with Crippen LogP contribution >= 0.6 is 11.3 Å². The number of piperidine rings is 1. The van der Waals surface area contributed by atoms with Crippen molar-refractivity contribution in [3.63, 3.8) is 0 Å². The number of hydrogen-bond acceptors (Lipinski definition) is 10. The van der Waals surface area contributed by atoms with Gasteiger partial charge in [0, 0.05) is 24.2 Å². The number of benzene rings is 3. The fraction of sp³-hybridized carbons (Fsp3) is 0.426. The number of likely N-dealkylation sites (tertiary alicyclic amines) is 1. The molecule has 2 aliphatic heterocycles. The standard InChI is InChI=1S/C47H55N5O6S/c1-7-57-41(53)28-51-22-19-31(20-23-51)16-15-30(3)58-33-17-18-34(29(2)25-33)42-37(47(4,5)6)26-40(49-43(42)45(55)56)52-24-21-32-11-10-12-35(36(32)27-52)44(54)50-46-48-38-13-8-9-14-39(38)59-46/h8-14,17-18,25-26,30-31H,7,15-16,19-24,27-28H2,1-6H3,(H,55,56)(H,48,50,54)/t30-/m0/s1. The van der Waals surface area contributed by atoms with Crippen LogP contribution in [-0.4, -0.2) is 76.7 Å². The second kappa shape index (κ2) is 17.9. The van der Waals surface area contributed by atoms with Gasteiger partial charge in [-0.1, -0.05) is 62.4 Å². The van der Waals surface area contributed by atoms with Crippen molar-refractivity contribution in [3.8, 4) is 16.9 Å². The Labute approximate surface area is 350 Å². The van der Waals surface area contributed by atoms with E-state index in [-0.39, 0.29) is 23.7 Å². The number of aromatic carboxylic acids is 1. The number of thiazole rings is 1. The Balaban J connectivity index is 1.07. The molecule has 0 aliphatic carbocycles. The van der Waals surface area contributed by atoms with Crippen molar-refractivity contribution < 1.29 is 29.0 Å². The van der Waals surface area contributed by atoms with Crippen molar-refractivity contribution in [1.82, 2.24) is 14.9 Å². The molecule has 1 fully saturated rings. The number of para-hydroxylation sites is 1. The summed E-state index contributed by atoms with van der Waals surface area (Å²) in [6.07, 6.45) is 4.79. The van der Waals surface area contributed by atoms with E-state index in [9.17, 15) is 19.5 Å².